The van der Waals surface area contributed by atoms with Crippen LogP contribution in [0.3, 0.4) is 0 Å². The van der Waals surface area contributed by atoms with Crippen LogP contribution < -0.4 is 5.32 Å². The maximum Gasteiger partial charge on any atom is 0.223 e. The first-order valence-corrected chi connectivity index (χ1v) is 8.63. The molecule has 0 aromatic heterocycles. The molecule has 0 heterocycles. The summed E-state index contributed by atoms with van der Waals surface area (Å²) in [7, 11) is 0. The number of phenolic OH excluding ortho intramolecular Hbond substituents is 1. The summed E-state index contributed by atoms with van der Waals surface area (Å²) in [6.07, 6.45) is 2.42. The van der Waals surface area contributed by atoms with E-state index in [1.807, 2.05) is 0 Å². The van der Waals surface area contributed by atoms with Crippen LogP contribution in [-0.4, -0.2) is 22.7 Å². The molecule has 1 saturated carbocycles. The first-order chi connectivity index (χ1) is 10.9. The first-order valence-electron chi connectivity index (χ1n) is 8.63. The van der Waals surface area contributed by atoms with Gasteiger partial charge in [0.05, 0.1) is 6.10 Å². The normalized spacial score (nSPS) is 26.0. The molecule has 1 amide bonds. The number of carbonyl (C=O) groups is 1. The largest absolute Gasteiger partial charge is 0.508 e. The van der Waals surface area contributed by atoms with Crippen LogP contribution in [0.4, 0.5) is 0 Å². The average molecular weight is 319 g/mol. The lowest BCUT2D eigenvalue weighted by Crippen LogP contribution is -2.41. The molecule has 128 valence electrons. The molecule has 0 aliphatic heterocycles. The minimum Gasteiger partial charge on any atom is -0.508 e. The summed E-state index contributed by atoms with van der Waals surface area (Å²) >= 11 is 0. The van der Waals surface area contributed by atoms with Crippen molar-refractivity contribution in [3.8, 4) is 5.75 Å². The molecule has 0 radical (unpaired) electrons. The van der Waals surface area contributed by atoms with Crippen molar-refractivity contribution in [2.75, 3.05) is 6.54 Å². The SMILES string of the molecule is CC(C)[C@@H]1CC[C@@H](C)C[C@H]1C(=O)NCC(O)c1cccc(O)c1. The maximum absolute atomic E-state index is 12.6. The van der Waals surface area contributed by atoms with Crippen molar-refractivity contribution in [1.29, 1.82) is 0 Å². The second kappa shape index (κ2) is 7.82. The quantitative estimate of drug-likeness (QED) is 0.780. The molecule has 1 unspecified atom stereocenters. The van der Waals surface area contributed by atoms with Gasteiger partial charge in [0, 0.05) is 12.5 Å². The van der Waals surface area contributed by atoms with Gasteiger partial charge in [0.2, 0.25) is 5.91 Å². The summed E-state index contributed by atoms with van der Waals surface area (Å²) in [4.78, 5) is 12.6. The molecule has 4 atom stereocenters. The smallest absolute Gasteiger partial charge is 0.223 e. The lowest BCUT2D eigenvalue weighted by molar-refractivity contribution is -0.129. The minimum atomic E-state index is -0.801. The van der Waals surface area contributed by atoms with E-state index >= 15 is 0 Å². The molecule has 0 bridgehead atoms. The standard InChI is InChI=1S/C19H29NO3/c1-12(2)16-8-7-13(3)9-17(16)19(23)20-11-18(22)14-5-4-6-15(21)10-14/h4-6,10,12-13,16-18,21-22H,7-9,11H2,1-3H3,(H,20,23)/t13-,16+,17-,18?/m1/s1. The van der Waals surface area contributed by atoms with Gasteiger partial charge in [0.1, 0.15) is 5.75 Å². The molecule has 1 aromatic rings. The topological polar surface area (TPSA) is 69.6 Å². The Balaban J connectivity index is 1.94. The molecule has 3 N–H and O–H groups in total. The zero-order chi connectivity index (χ0) is 17.0. The Morgan fingerprint density at radius 1 is 1.35 bits per heavy atom. The summed E-state index contributed by atoms with van der Waals surface area (Å²) < 4.78 is 0. The molecule has 4 nitrogen and oxygen atoms in total. The van der Waals surface area contributed by atoms with Crippen molar-refractivity contribution in [1.82, 2.24) is 5.32 Å². The summed E-state index contributed by atoms with van der Waals surface area (Å²) in [6, 6.07) is 6.52. The zero-order valence-corrected chi connectivity index (χ0v) is 14.3. The van der Waals surface area contributed by atoms with Gasteiger partial charge in [-0.15, -0.1) is 0 Å². The van der Waals surface area contributed by atoms with E-state index in [2.05, 4.69) is 26.1 Å². The number of carbonyl (C=O) groups excluding carboxylic acids is 1. The van der Waals surface area contributed by atoms with Gasteiger partial charge in [0.25, 0.3) is 0 Å². The Morgan fingerprint density at radius 3 is 2.74 bits per heavy atom. The predicted molar refractivity (Wildman–Crippen MR) is 90.9 cm³/mol. The van der Waals surface area contributed by atoms with Gasteiger partial charge < -0.3 is 15.5 Å². The van der Waals surface area contributed by atoms with Crippen LogP contribution in [-0.2, 0) is 4.79 Å². The number of aliphatic hydroxyl groups is 1. The van der Waals surface area contributed by atoms with E-state index in [-0.39, 0.29) is 24.1 Å². The van der Waals surface area contributed by atoms with Crippen LogP contribution >= 0.6 is 0 Å². The molecule has 0 spiro atoms. The fourth-order valence-corrected chi connectivity index (χ4v) is 3.68. The molecule has 1 fully saturated rings. The van der Waals surface area contributed by atoms with Crippen molar-refractivity contribution in [2.24, 2.45) is 23.7 Å². The molecule has 23 heavy (non-hydrogen) atoms. The molecular formula is C19H29NO3. The highest BCUT2D eigenvalue weighted by Crippen LogP contribution is 2.38. The minimum absolute atomic E-state index is 0.0372. The summed E-state index contributed by atoms with van der Waals surface area (Å²) in [5, 5.41) is 22.6. The lowest BCUT2D eigenvalue weighted by atomic mass is 9.70. The third-order valence-electron chi connectivity index (χ3n) is 5.08. The number of amides is 1. The number of rotatable bonds is 5. The number of phenols is 1. The van der Waals surface area contributed by atoms with E-state index in [9.17, 15) is 15.0 Å². The molecule has 2 rings (SSSR count). The van der Waals surface area contributed by atoms with Gasteiger partial charge >= 0.3 is 0 Å². The molecule has 1 aromatic carbocycles. The van der Waals surface area contributed by atoms with Crippen molar-refractivity contribution >= 4 is 5.91 Å². The lowest BCUT2D eigenvalue weighted by Gasteiger charge is -2.36. The van der Waals surface area contributed by atoms with Crippen LogP contribution in [0.2, 0.25) is 0 Å². The van der Waals surface area contributed by atoms with Crippen molar-refractivity contribution in [3.63, 3.8) is 0 Å². The molecule has 1 aliphatic carbocycles. The van der Waals surface area contributed by atoms with Crippen LogP contribution in [0.5, 0.6) is 5.75 Å². The number of nitrogens with one attached hydrogen (secondary N) is 1. The van der Waals surface area contributed by atoms with Crippen LogP contribution in [0, 0.1) is 23.7 Å². The van der Waals surface area contributed by atoms with Crippen LogP contribution in [0.1, 0.15) is 51.7 Å². The highest BCUT2D eigenvalue weighted by Gasteiger charge is 2.35. The maximum atomic E-state index is 12.6. The summed E-state index contributed by atoms with van der Waals surface area (Å²) in [5.74, 6) is 1.70. The fraction of sp³-hybridized carbons (Fsp3) is 0.632. The summed E-state index contributed by atoms with van der Waals surface area (Å²) in [5.41, 5.74) is 0.614. The van der Waals surface area contributed by atoms with E-state index in [1.165, 1.54) is 12.5 Å². The Bertz CT molecular complexity index is 529. The van der Waals surface area contributed by atoms with E-state index in [0.717, 1.165) is 12.8 Å². The van der Waals surface area contributed by atoms with Gasteiger partial charge in [-0.05, 0) is 48.3 Å². The third-order valence-corrected chi connectivity index (χ3v) is 5.08. The van der Waals surface area contributed by atoms with Gasteiger partial charge in [0.15, 0.2) is 0 Å². The molecule has 4 heteroatoms. The van der Waals surface area contributed by atoms with Gasteiger partial charge in [-0.25, -0.2) is 0 Å². The van der Waals surface area contributed by atoms with Crippen molar-refractivity contribution in [3.05, 3.63) is 29.8 Å². The number of hydrogen-bond acceptors (Lipinski definition) is 3. The predicted octanol–water partition coefficient (Wildman–Crippen LogP) is 3.25. The van der Waals surface area contributed by atoms with E-state index in [1.54, 1.807) is 18.2 Å². The van der Waals surface area contributed by atoms with E-state index < -0.39 is 6.10 Å². The number of benzene rings is 1. The number of aromatic hydroxyl groups is 1. The Kier molecular flexibility index (Phi) is 6.05. The highest BCUT2D eigenvalue weighted by atomic mass is 16.3. The first kappa shape index (κ1) is 17.8. The van der Waals surface area contributed by atoms with Crippen molar-refractivity contribution < 1.29 is 15.0 Å². The Morgan fingerprint density at radius 2 is 2.09 bits per heavy atom. The third kappa shape index (κ3) is 4.71. The van der Waals surface area contributed by atoms with Crippen molar-refractivity contribution in [2.45, 2.75) is 46.1 Å². The Hall–Kier alpha value is -1.55. The summed E-state index contributed by atoms with van der Waals surface area (Å²) in [6.45, 7) is 6.75. The second-order valence-electron chi connectivity index (χ2n) is 7.29. The zero-order valence-electron chi connectivity index (χ0n) is 14.3. The van der Waals surface area contributed by atoms with Gasteiger partial charge in [-0.2, -0.15) is 0 Å². The second-order valence-corrected chi connectivity index (χ2v) is 7.29. The van der Waals surface area contributed by atoms with E-state index in [4.69, 9.17) is 0 Å². The Labute approximate surface area is 138 Å². The van der Waals surface area contributed by atoms with Gasteiger partial charge in [-0.1, -0.05) is 39.3 Å². The van der Waals surface area contributed by atoms with E-state index in [0.29, 0.717) is 23.3 Å². The number of aliphatic hydroxyl groups excluding tert-OH is 1. The molecule has 1 aliphatic rings. The van der Waals surface area contributed by atoms with Crippen LogP contribution in [0.25, 0.3) is 0 Å². The average Bonchev–Trinajstić information content (AvgIpc) is 2.51. The van der Waals surface area contributed by atoms with Crippen LogP contribution in [0.15, 0.2) is 24.3 Å². The van der Waals surface area contributed by atoms with Gasteiger partial charge in [-0.3, -0.25) is 4.79 Å². The number of hydrogen-bond donors (Lipinski definition) is 3. The monoisotopic (exact) mass is 319 g/mol. The molecule has 0 saturated heterocycles. The highest BCUT2D eigenvalue weighted by molar-refractivity contribution is 5.79. The molecular weight excluding hydrogens is 290 g/mol. The fourth-order valence-electron chi connectivity index (χ4n) is 3.68.